The second kappa shape index (κ2) is 13.5. The van der Waals surface area contributed by atoms with Crippen LogP contribution in [0.4, 0.5) is 0 Å². The molecule has 1 saturated heterocycles. The van der Waals surface area contributed by atoms with Gasteiger partial charge in [-0.3, -0.25) is 4.90 Å². The highest BCUT2D eigenvalue weighted by molar-refractivity contribution is 9.10. The lowest BCUT2D eigenvalue weighted by atomic mass is 9.98. The number of aliphatic hydroxyl groups excluding tert-OH is 1. The Morgan fingerprint density at radius 1 is 1.21 bits per heavy atom. The van der Waals surface area contributed by atoms with Crippen molar-refractivity contribution in [2.24, 2.45) is 11.8 Å². The lowest BCUT2D eigenvalue weighted by Crippen LogP contribution is -2.36. The van der Waals surface area contributed by atoms with Crippen LogP contribution in [0.15, 0.2) is 46.3 Å². The van der Waals surface area contributed by atoms with Crippen LogP contribution in [0.1, 0.15) is 31.7 Å². The van der Waals surface area contributed by atoms with Gasteiger partial charge in [-0.1, -0.05) is 28.9 Å². The molecule has 0 bridgehead atoms. The number of likely N-dealkylation sites (N-methyl/N-ethyl adjacent to an activating group) is 1. The molecule has 0 spiro atoms. The molecule has 2 atom stereocenters. The number of halogens is 1. The van der Waals surface area contributed by atoms with Crippen LogP contribution < -0.4 is 4.74 Å². The minimum atomic E-state index is -0.563. The van der Waals surface area contributed by atoms with E-state index in [4.69, 9.17) is 14.2 Å². The lowest BCUT2D eigenvalue weighted by molar-refractivity contribution is 0.0729. The molecule has 0 amide bonds. The van der Waals surface area contributed by atoms with E-state index in [0.29, 0.717) is 19.1 Å². The van der Waals surface area contributed by atoms with E-state index in [1.165, 1.54) is 25.9 Å². The first kappa shape index (κ1) is 27.1. The molecule has 1 fully saturated rings. The van der Waals surface area contributed by atoms with Crippen molar-refractivity contribution in [2.45, 2.75) is 39.2 Å². The Labute approximate surface area is 213 Å². The molecule has 1 aromatic rings. The number of methoxy groups -OCH3 is 1. The number of hydrogen-bond acceptors (Lipinski definition) is 6. The van der Waals surface area contributed by atoms with Gasteiger partial charge in [-0.05, 0) is 88.0 Å². The Bertz CT molecular complexity index is 836. The monoisotopic (exact) mass is 536 g/mol. The minimum Gasteiger partial charge on any atom is -0.493 e. The molecule has 6 nitrogen and oxygen atoms in total. The molecule has 2 unspecified atom stereocenters. The molecular formula is C27H41BrN2O4. The van der Waals surface area contributed by atoms with Crippen LogP contribution in [0.3, 0.4) is 0 Å². The number of piperidine rings is 1. The average Bonchev–Trinajstić information content (AvgIpc) is 2.81. The molecule has 1 heterocycles. The van der Waals surface area contributed by atoms with Crippen LogP contribution in [-0.4, -0.2) is 81.1 Å². The lowest BCUT2D eigenvalue weighted by Gasteiger charge is -2.30. The highest BCUT2D eigenvalue weighted by atomic mass is 79.9. The van der Waals surface area contributed by atoms with Gasteiger partial charge in [-0.15, -0.1) is 0 Å². The summed E-state index contributed by atoms with van der Waals surface area (Å²) in [5.41, 5.74) is 1.16. The molecule has 1 aliphatic heterocycles. The second-order valence-corrected chi connectivity index (χ2v) is 10.6. The predicted molar refractivity (Wildman–Crippen MR) is 140 cm³/mol. The first-order chi connectivity index (χ1) is 16.3. The zero-order valence-corrected chi connectivity index (χ0v) is 22.7. The van der Waals surface area contributed by atoms with Gasteiger partial charge in [-0.2, -0.15) is 0 Å². The third-order valence-electron chi connectivity index (χ3n) is 6.65. The smallest absolute Gasteiger partial charge is 0.156 e. The zero-order valence-electron chi connectivity index (χ0n) is 21.1. The van der Waals surface area contributed by atoms with Crippen molar-refractivity contribution >= 4 is 15.9 Å². The normalized spacial score (nSPS) is 20.6. The van der Waals surface area contributed by atoms with E-state index < -0.39 is 6.10 Å². The van der Waals surface area contributed by atoms with E-state index in [9.17, 15) is 5.11 Å². The van der Waals surface area contributed by atoms with Gasteiger partial charge in [-0.25, -0.2) is 0 Å². The van der Waals surface area contributed by atoms with E-state index >= 15 is 0 Å². The van der Waals surface area contributed by atoms with Crippen LogP contribution in [0.2, 0.25) is 0 Å². The quantitative estimate of drug-likeness (QED) is 0.421. The Hall–Kier alpha value is -1.54. The third kappa shape index (κ3) is 8.59. The summed E-state index contributed by atoms with van der Waals surface area (Å²) >= 11 is 3.52. The summed E-state index contributed by atoms with van der Waals surface area (Å²) in [5.74, 6) is 3.58. The SMILES string of the molecule is COC1=CC(CN(C)CC(O)COc2ccc(C)c(Br)c2)CC=C1OCCN1CCC(C)CC1. The van der Waals surface area contributed by atoms with E-state index in [1.807, 2.05) is 32.2 Å². The predicted octanol–water partition coefficient (Wildman–Crippen LogP) is 4.61. The molecule has 0 radical (unpaired) electrons. The molecule has 7 heteroatoms. The van der Waals surface area contributed by atoms with Crippen molar-refractivity contribution < 1.29 is 19.3 Å². The fraction of sp³-hybridized carbons (Fsp3) is 0.630. The van der Waals surface area contributed by atoms with E-state index in [0.717, 1.165) is 52.7 Å². The number of rotatable bonds is 12. The summed E-state index contributed by atoms with van der Waals surface area (Å²) in [6, 6.07) is 5.86. The number of ether oxygens (including phenoxy) is 3. The van der Waals surface area contributed by atoms with Crippen molar-refractivity contribution in [1.29, 1.82) is 0 Å². The van der Waals surface area contributed by atoms with Crippen LogP contribution >= 0.6 is 15.9 Å². The summed E-state index contributed by atoms with van der Waals surface area (Å²) in [6.07, 6.45) is 7.20. The number of likely N-dealkylation sites (tertiary alicyclic amines) is 1. The summed E-state index contributed by atoms with van der Waals surface area (Å²) < 4.78 is 18.5. The van der Waals surface area contributed by atoms with Gasteiger partial charge in [0.05, 0.1) is 7.11 Å². The molecule has 190 valence electrons. The number of hydrogen-bond donors (Lipinski definition) is 1. The molecule has 1 aliphatic carbocycles. The minimum absolute atomic E-state index is 0.261. The van der Waals surface area contributed by atoms with E-state index in [1.54, 1.807) is 7.11 Å². The van der Waals surface area contributed by atoms with E-state index in [2.05, 4.69) is 44.8 Å². The maximum atomic E-state index is 10.4. The Morgan fingerprint density at radius 3 is 2.68 bits per heavy atom. The molecule has 3 rings (SSSR count). The Kier molecular flexibility index (Phi) is 10.8. The fourth-order valence-corrected chi connectivity index (χ4v) is 4.82. The summed E-state index contributed by atoms with van der Waals surface area (Å²) in [5, 5.41) is 10.4. The van der Waals surface area contributed by atoms with Crippen LogP contribution in [0.25, 0.3) is 0 Å². The van der Waals surface area contributed by atoms with Crippen molar-refractivity contribution in [2.75, 3.05) is 60.1 Å². The molecular weight excluding hydrogens is 496 g/mol. The standard InChI is InChI=1S/C27H41BrN2O4/c1-20-9-11-30(12-10-20)13-14-33-26-8-6-22(15-27(26)32-4)17-29(3)18-23(31)19-34-24-7-5-21(2)25(28)16-24/h5,7-8,15-16,20,22-23,31H,6,9-14,17-19H2,1-4H3. The van der Waals surface area contributed by atoms with Crippen LogP contribution in [0, 0.1) is 18.8 Å². The second-order valence-electron chi connectivity index (χ2n) is 9.77. The van der Waals surface area contributed by atoms with Gasteiger partial charge in [0.2, 0.25) is 0 Å². The first-order valence-corrected chi connectivity index (χ1v) is 13.2. The van der Waals surface area contributed by atoms with Crippen molar-refractivity contribution in [3.05, 3.63) is 51.9 Å². The van der Waals surface area contributed by atoms with Crippen molar-refractivity contribution in [3.8, 4) is 5.75 Å². The molecule has 0 aromatic heterocycles. The van der Waals surface area contributed by atoms with E-state index in [-0.39, 0.29) is 6.61 Å². The molecule has 2 aliphatic rings. The Morgan fingerprint density at radius 2 is 1.97 bits per heavy atom. The van der Waals surface area contributed by atoms with Crippen molar-refractivity contribution in [1.82, 2.24) is 9.80 Å². The van der Waals surface area contributed by atoms with Crippen molar-refractivity contribution in [3.63, 3.8) is 0 Å². The van der Waals surface area contributed by atoms with Gasteiger partial charge in [0.15, 0.2) is 11.5 Å². The maximum Gasteiger partial charge on any atom is 0.156 e. The zero-order chi connectivity index (χ0) is 24.5. The summed E-state index contributed by atoms with van der Waals surface area (Å²) in [4.78, 5) is 4.63. The number of allylic oxidation sites excluding steroid dienone is 1. The van der Waals surface area contributed by atoms with Gasteiger partial charge in [0, 0.05) is 24.1 Å². The third-order valence-corrected chi connectivity index (χ3v) is 7.51. The van der Waals surface area contributed by atoms with Crippen LogP contribution in [0.5, 0.6) is 5.75 Å². The largest absolute Gasteiger partial charge is 0.493 e. The van der Waals surface area contributed by atoms with Gasteiger partial charge >= 0.3 is 0 Å². The number of aryl methyl sites for hydroxylation is 1. The topological polar surface area (TPSA) is 54.4 Å². The van der Waals surface area contributed by atoms with Gasteiger partial charge in [0.1, 0.15) is 25.1 Å². The summed E-state index contributed by atoms with van der Waals surface area (Å²) in [7, 11) is 3.73. The molecule has 1 N–H and O–H groups in total. The van der Waals surface area contributed by atoms with Gasteiger partial charge in [0.25, 0.3) is 0 Å². The average molecular weight is 538 g/mol. The summed E-state index contributed by atoms with van der Waals surface area (Å²) in [6.45, 7) is 10.0. The highest BCUT2D eigenvalue weighted by Gasteiger charge is 2.21. The van der Waals surface area contributed by atoms with Crippen LogP contribution in [-0.2, 0) is 9.47 Å². The van der Waals surface area contributed by atoms with Gasteiger partial charge < -0.3 is 24.2 Å². The number of aliphatic hydroxyl groups is 1. The molecule has 34 heavy (non-hydrogen) atoms. The highest BCUT2D eigenvalue weighted by Crippen LogP contribution is 2.26. The Balaban J connectivity index is 1.38. The number of benzene rings is 1. The molecule has 0 saturated carbocycles. The molecule has 1 aromatic carbocycles. The maximum absolute atomic E-state index is 10.4. The fourth-order valence-electron chi connectivity index (χ4n) is 4.46. The number of nitrogens with zero attached hydrogens (tertiary/aromatic N) is 2. The first-order valence-electron chi connectivity index (χ1n) is 12.4.